The van der Waals surface area contributed by atoms with Crippen LogP contribution in [-0.2, 0) is 21.3 Å². The molecule has 0 aliphatic carbocycles. The van der Waals surface area contributed by atoms with E-state index in [0.717, 1.165) is 6.42 Å². The molecule has 8 heteroatoms. The van der Waals surface area contributed by atoms with Gasteiger partial charge in [-0.1, -0.05) is 15.9 Å². The lowest BCUT2D eigenvalue weighted by atomic mass is 10.1. The van der Waals surface area contributed by atoms with Crippen molar-refractivity contribution in [2.75, 3.05) is 13.2 Å². The molecule has 5 nitrogen and oxygen atoms in total. The van der Waals surface area contributed by atoms with Crippen molar-refractivity contribution >= 4 is 26.0 Å². The van der Waals surface area contributed by atoms with Gasteiger partial charge in [0.25, 0.3) is 0 Å². The van der Waals surface area contributed by atoms with Gasteiger partial charge in [-0.05, 0) is 25.0 Å². The van der Waals surface area contributed by atoms with Crippen LogP contribution in [0.15, 0.2) is 21.5 Å². The van der Waals surface area contributed by atoms with Crippen molar-refractivity contribution in [3.8, 4) is 0 Å². The topological polar surface area (TPSA) is 81.4 Å². The third kappa shape index (κ3) is 3.56. The zero-order valence-electron chi connectivity index (χ0n) is 10.7. The quantitative estimate of drug-likeness (QED) is 0.845. The number of nitrogens with two attached hydrogens (primary N) is 1. The molecule has 0 saturated carbocycles. The minimum Gasteiger partial charge on any atom is -0.380 e. The summed E-state index contributed by atoms with van der Waals surface area (Å²) in [5.74, 6) is -0.806. The molecule has 20 heavy (non-hydrogen) atoms. The van der Waals surface area contributed by atoms with Gasteiger partial charge in [0, 0.05) is 29.2 Å². The first-order valence-electron chi connectivity index (χ1n) is 6.22. The normalized spacial score (nSPS) is 20.1. The van der Waals surface area contributed by atoms with Gasteiger partial charge in [0.15, 0.2) is 0 Å². The van der Waals surface area contributed by atoms with E-state index in [4.69, 9.17) is 10.5 Å². The van der Waals surface area contributed by atoms with Crippen LogP contribution >= 0.6 is 15.9 Å². The van der Waals surface area contributed by atoms with Gasteiger partial charge >= 0.3 is 0 Å². The summed E-state index contributed by atoms with van der Waals surface area (Å²) >= 11 is 3.17. The van der Waals surface area contributed by atoms with Crippen molar-refractivity contribution in [2.24, 2.45) is 5.73 Å². The highest BCUT2D eigenvalue weighted by molar-refractivity contribution is 9.10. The zero-order valence-corrected chi connectivity index (χ0v) is 13.1. The van der Waals surface area contributed by atoms with E-state index in [1.165, 1.54) is 12.1 Å². The first kappa shape index (κ1) is 15.8. The number of halogens is 2. The summed E-state index contributed by atoms with van der Waals surface area (Å²) in [4.78, 5) is -0.391. The van der Waals surface area contributed by atoms with Gasteiger partial charge in [-0.2, -0.15) is 0 Å². The fourth-order valence-corrected chi connectivity index (χ4v) is 4.14. The van der Waals surface area contributed by atoms with Crippen molar-refractivity contribution in [1.82, 2.24) is 4.72 Å². The molecule has 0 aromatic heterocycles. The van der Waals surface area contributed by atoms with E-state index in [0.29, 0.717) is 24.1 Å². The number of ether oxygens (including phenoxy) is 1. The number of rotatable bonds is 4. The molecule has 2 rings (SSSR count). The monoisotopic (exact) mass is 366 g/mol. The van der Waals surface area contributed by atoms with Gasteiger partial charge in [-0.3, -0.25) is 0 Å². The molecule has 1 atom stereocenters. The SMILES string of the molecule is NCc1cc(Br)cc(S(=O)(=O)NC2CCCOC2)c1F. The Bertz CT molecular complexity index is 589. The van der Waals surface area contributed by atoms with E-state index in [9.17, 15) is 12.8 Å². The maximum absolute atomic E-state index is 14.2. The first-order valence-corrected chi connectivity index (χ1v) is 8.49. The van der Waals surface area contributed by atoms with Crippen molar-refractivity contribution in [1.29, 1.82) is 0 Å². The minimum absolute atomic E-state index is 0.0691. The lowest BCUT2D eigenvalue weighted by molar-refractivity contribution is 0.0774. The second-order valence-electron chi connectivity index (χ2n) is 4.62. The van der Waals surface area contributed by atoms with Gasteiger partial charge in [-0.15, -0.1) is 0 Å². The van der Waals surface area contributed by atoms with Crippen LogP contribution in [0.5, 0.6) is 0 Å². The van der Waals surface area contributed by atoms with Gasteiger partial charge in [-0.25, -0.2) is 17.5 Å². The number of benzene rings is 1. The molecule has 1 aromatic rings. The summed E-state index contributed by atoms with van der Waals surface area (Å²) in [5, 5.41) is 0. The molecule has 112 valence electrons. The van der Waals surface area contributed by atoms with E-state index >= 15 is 0 Å². The summed E-state index contributed by atoms with van der Waals surface area (Å²) in [7, 11) is -3.94. The Hall–Kier alpha value is -0.540. The van der Waals surface area contributed by atoms with Crippen LogP contribution in [0.25, 0.3) is 0 Å². The maximum Gasteiger partial charge on any atom is 0.243 e. The third-order valence-corrected chi connectivity index (χ3v) is 5.05. The molecule has 0 bridgehead atoms. The van der Waals surface area contributed by atoms with Crippen molar-refractivity contribution in [3.63, 3.8) is 0 Å². The maximum atomic E-state index is 14.2. The number of hydrogen-bond donors (Lipinski definition) is 2. The fraction of sp³-hybridized carbons (Fsp3) is 0.500. The van der Waals surface area contributed by atoms with Crippen molar-refractivity contribution in [2.45, 2.75) is 30.3 Å². The Morgan fingerprint density at radius 2 is 2.25 bits per heavy atom. The van der Waals surface area contributed by atoms with E-state index in [1.807, 2.05) is 0 Å². The van der Waals surface area contributed by atoms with Crippen molar-refractivity contribution < 1.29 is 17.5 Å². The number of nitrogens with one attached hydrogen (secondary N) is 1. The zero-order chi connectivity index (χ0) is 14.8. The number of sulfonamides is 1. The minimum atomic E-state index is -3.94. The molecular formula is C12H16BrFN2O3S. The highest BCUT2D eigenvalue weighted by Crippen LogP contribution is 2.24. The average Bonchev–Trinajstić information content (AvgIpc) is 2.41. The van der Waals surface area contributed by atoms with Crippen LogP contribution in [0.1, 0.15) is 18.4 Å². The second kappa shape index (κ2) is 6.48. The molecule has 1 heterocycles. The van der Waals surface area contributed by atoms with Crippen molar-refractivity contribution in [3.05, 3.63) is 28.0 Å². The Kier molecular flexibility index (Phi) is 5.14. The molecule has 3 N–H and O–H groups in total. The second-order valence-corrected chi connectivity index (χ2v) is 7.21. The van der Waals surface area contributed by atoms with E-state index in [1.54, 1.807) is 0 Å². The third-order valence-electron chi connectivity index (χ3n) is 3.07. The van der Waals surface area contributed by atoms with E-state index < -0.39 is 20.7 Å². The Morgan fingerprint density at radius 3 is 2.85 bits per heavy atom. The lowest BCUT2D eigenvalue weighted by Gasteiger charge is -2.23. The average molecular weight is 367 g/mol. The molecule has 1 aliphatic heterocycles. The van der Waals surface area contributed by atoms with Crippen LogP contribution in [0.4, 0.5) is 4.39 Å². The molecule has 0 amide bonds. The lowest BCUT2D eigenvalue weighted by Crippen LogP contribution is -2.40. The summed E-state index contributed by atoms with van der Waals surface area (Å²) in [5.41, 5.74) is 5.57. The molecule has 1 fully saturated rings. The predicted molar refractivity (Wildman–Crippen MR) is 76.2 cm³/mol. The van der Waals surface area contributed by atoms with Gasteiger partial charge in [0.05, 0.1) is 6.61 Å². The van der Waals surface area contributed by atoms with E-state index in [2.05, 4.69) is 20.7 Å². The molecule has 1 aromatic carbocycles. The van der Waals surface area contributed by atoms with Crippen LogP contribution < -0.4 is 10.5 Å². The summed E-state index contributed by atoms with van der Waals surface area (Å²) in [6.45, 7) is 0.861. The molecule has 1 unspecified atom stereocenters. The van der Waals surface area contributed by atoms with Crippen LogP contribution in [-0.4, -0.2) is 27.7 Å². The Labute approximate surface area is 125 Å². The summed E-state index contributed by atoms with van der Waals surface area (Å²) < 4.78 is 46.9. The highest BCUT2D eigenvalue weighted by atomic mass is 79.9. The van der Waals surface area contributed by atoms with Crippen LogP contribution in [0.2, 0.25) is 0 Å². The molecule has 1 saturated heterocycles. The Balaban J connectivity index is 2.31. The standard InChI is InChI=1S/C12H16BrFN2O3S/c13-9-4-8(6-15)12(14)11(5-9)20(17,18)16-10-2-1-3-19-7-10/h4-5,10,16H,1-3,6-7,15H2. The summed E-state index contributed by atoms with van der Waals surface area (Å²) in [6, 6.07) is 2.38. The first-order chi connectivity index (χ1) is 9.44. The van der Waals surface area contributed by atoms with Gasteiger partial charge in [0.2, 0.25) is 10.0 Å². The van der Waals surface area contributed by atoms with Crippen LogP contribution in [0, 0.1) is 5.82 Å². The molecule has 0 radical (unpaired) electrons. The van der Waals surface area contributed by atoms with E-state index in [-0.39, 0.29) is 18.2 Å². The fourth-order valence-electron chi connectivity index (χ4n) is 2.08. The summed E-state index contributed by atoms with van der Waals surface area (Å²) in [6.07, 6.45) is 1.46. The van der Waals surface area contributed by atoms with Crippen LogP contribution in [0.3, 0.4) is 0 Å². The number of hydrogen-bond acceptors (Lipinski definition) is 4. The molecule has 0 spiro atoms. The smallest absolute Gasteiger partial charge is 0.243 e. The van der Waals surface area contributed by atoms with Gasteiger partial charge in [0.1, 0.15) is 10.7 Å². The molecular weight excluding hydrogens is 351 g/mol. The predicted octanol–water partition coefficient (Wildman–Crippen LogP) is 1.50. The Morgan fingerprint density at radius 1 is 1.50 bits per heavy atom. The molecule has 1 aliphatic rings. The highest BCUT2D eigenvalue weighted by Gasteiger charge is 2.26. The van der Waals surface area contributed by atoms with Gasteiger partial charge < -0.3 is 10.5 Å². The largest absolute Gasteiger partial charge is 0.380 e.